The first-order chi connectivity index (χ1) is 19.2. The lowest BCUT2D eigenvalue weighted by atomic mass is 10.0. The number of halogens is 1. The van der Waals surface area contributed by atoms with Crippen molar-refractivity contribution >= 4 is 65.1 Å². The molecule has 0 heterocycles. The Morgan fingerprint density at radius 3 is 2.20 bits per heavy atom. The van der Waals surface area contributed by atoms with E-state index in [4.69, 9.17) is 5.26 Å². The van der Waals surface area contributed by atoms with Crippen LogP contribution in [0.25, 0.3) is 10.8 Å². The Morgan fingerprint density at radius 2 is 1.56 bits per heavy atom. The van der Waals surface area contributed by atoms with E-state index in [0.717, 1.165) is 17.7 Å². The van der Waals surface area contributed by atoms with E-state index in [2.05, 4.69) is 20.5 Å². The number of anilines is 3. The van der Waals surface area contributed by atoms with E-state index in [1.807, 2.05) is 0 Å². The number of azo groups is 1. The molecule has 0 aliphatic rings. The van der Waals surface area contributed by atoms with E-state index in [1.54, 1.807) is 18.5 Å². The van der Waals surface area contributed by atoms with Crippen LogP contribution >= 0.6 is 0 Å². The molecule has 5 N–H and O–H groups in total. The molecule has 0 bridgehead atoms. The number of nitrogens with one attached hydrogen (secondary N) is 2. The summed E-state index contributed by atoms with van der Waals surface area (Å²) in [5.74, 6) is -1.07. The molecule has 0 unspecified atom stereocenters. The Kier molecular flexibility index (Phi) is 7.97. The van der Waals surface area contributed by atoms with Gasteiger partial charge in [0.15, 0.2) is 5.82 Å². The Balaban J connectivity index is 1.77. The Labute approximate surface area is 230 Å². The average molecular weight is 608 g/mol. The van der Waals surface area contributed by atoms with Crippen LogP contribution in [0.15, 0.2) is 80.7 Å². The summed E-state index contributed by atoms with van der Waals surface area (Å²) in [5, 5.41) is 31.1. The first kappa shape index (κ1) is 29.4. The van der Waals surface area contributed by atoms with Gasteiger partial charge in [-0.3, -0.25) is 19.2 Å². The van der Waals surface area contributed by atoms with Crippen LogP contribution in [-0.4, -0.2) is 36.1 Å². The van der Waals surface area contributed by atoms with E-state index < -0.39 is 57.8 Å². The molecular weight excluding hydrogens is 589 g/mol. The molecule has 0 radical (unpaired) electrons. The second-order valence-corrected chi connectivity index (χ2v) is 11.2. The van der Waals surface area contributed by atoms with Crippen molar-refractivity contribution in [1.29, 1.82) is 0 Å². The smallest absolute Gasteiger partial charge is 0.296 e. The van der Waals surface area contributed by atoms with Crippen LogP contribution in [-0.2, 0) is 25.2 Å². The summed E-state index contributed by atoms with van der Waals surface area (Å²) in [7, 11) is -9.49. The Morgan fingerprint density at radius 1 is 0.878 bits per heavy atom. The fourth-order valence-electron chi connectivity index (χ4n) is 3.80. The highest BCUT2D eigenvalue weighted by Crippen LogP contribution is 2.37. The van der Waals surface area contributed by atoms with Gasteiger partial charge in [-0.2, -0.15) is 16.8 Å². The molecule has 41 heavy (non-hydrogen) atoms. The van der Waals surface area contributed by atoms with Gasteiger partial charge in [0.1, 0.15) is 22.0 Å². The molecule has 15 nitrogen and oxygen atoms in total. The van der Waals surface area contributed by atoms with Crippen molar-refractivity contribution < 1.29 is 45.5 Å². The van der Waals surface area contributed by atoms with Crippen molar-refractivity contribution in [2.45, 2.75) is 16.7 Å². The van der Waals surface area contributed by atoms with Gasteiger partial charge in [0.05, 0.1) is 15.5 Å². The van der Waals surface area contributed by atoms with Gasteiger partial charge < -0.3 is 5.32 Å². The second kappa shape index (κ2) is 11.1. The van der Waals surface area contributed by atoms with Gasteiger partial charge in [0.2, 0.25) is 0 Å². The molecule has 4 aromatic carbocycles. The van der Waals surface area contributed by atoms with Gasteiger partial charge in [-0.05, 0) is 54.3 Å². The van der Waals surface area contributed by atoms with E-state index in [1.165, 1.54) is 30.3 Å². The fourth-order valence-corrected chi connectivity index (χ4v) is 4.95. The van der Waals surface area contributed by atoms with Crippen LogP contribution in [0, 0.1) is 22.9 Å². The summed E-state index contributed by atoms with van der Waals surface area (Å²) in [6, 6.07) is 11.5. The third-order valence-electron chi connectivity index (χ3n) is 5.70. The zero-order valence-electron chi connectivity index (χ0n) is 20.5. The molecule has 4 rings (SSSR count). The summed E-state index contributed by atoms with van der Waals surface area (Å²) >= 11 is 0. The molecule has 0 saturated carbocycles. The van der Waals surface area contributed by atoms with E-state index in [9.17, 15) is 40.4 Å². The number of hydrogen-bond donors (Lipinski definition) is 5. The monoisotopic (exact) mass is 607 g/mol. The largest absolute Gasteiger partial charge is 0.350 e. The van der Waals surface area contributed by atoms with Crippen molar-refractivity contribution in [2.75, 3.05) is 10.8 Å². The van der Waals surface area contributed by atoms with E-state index >= 15 is 0 Å². The van der Waals surface area contributed by atoms with Crippen LogP contribution in [0.5, 0.6) is 0 Å². The maximum absolute atomic E-state index is 14.3. The highest BCUT2D eigenvalue weighted by Gasteiger charge is 2.22. The van der Waals surface area contributed by atoms with Gasteiger partial charge in [-0.15, -0.1) is 15.2 Å². The van der Waals surface area contributed by atoms with Crippen molar-refractivity contribution in [3.63, 3.8) is 0 Å². The minimum Gasteiger partial charge on any atom is -0.350 e. The average Bonchev–Trinajstić information content (AvgIpc) is 2.89. The first-order valence-corrected chi connectivity index (χ1v) is 13.9. The lowest BCUT2D eigenvalue weighted by molar-refractivity contribution is -0.383. The van der Waals surface area contributed by atoms with Gasteiger partial charge in [0, 0.05) is 23.2 Å². The molecule has 0 aliphatic carbocycles. The topological polar surface area (TPSA) is 230 Å². The Hall–Kier alpha value is -4.59. The number of aryl methyl sites for hydroxylation is 1. The molecule has 0 amide bonds. The number of fused-ring (bicyclic) bond motifs is 1. The van der Waals surface area contributed by atoms with Crippen molar-refractivity contribution in [2.24, 2.45) is 10.2 Å². The molecule has 0 aromatic heterocycles. The van der Waals surface area contributed by atoms with E-state index in [-0.39, 0.29) is 22.4 Å². The quantitative estimate of drug-likeness (QED) is 0.0510. The number of nitro benzene ring substituents is 1. The molecule has 0 aliphatic heterocycles. The fraction of sp³-hybridized carbons (Fsp3) is 0.0435. The maximum Gasteiger partial charge on any atom is 0.296 e. The third kappa shape index (κ3) is 6.43. The van der Waals surface area contributed by atoms with Crippen LogP contribution in [0.2, 0.25) is 0 Å². The van der Waals surface area contributed by atoms with E-state index in [0.29, 0.717) is 17.5 Å². The minimum absolute atomic E-state index is 0.103. The molecule has 0 spiro atoms. The number of rotatable bonds is 9. The predicted molar refractivity (Wildman–Crippen MR) is 143 cm³/mol. The molecule has 4 aromatic rings. The van der Waals surface area contributed by atoms with Crippen LogP contribution in [0.4, 0.5) is 38.5 Å². The van der Waals surface area contributed by atoms with Gasteiger partial charge >= 0.3 is 0 Å². The summed E-state index contributed by atoms with van der Waals surface area (Å²) in [6.07, 6.45) is 0. The summed E-state index contributed by atoms with van der Waals surface area (Å²) in [4.78, 5) is 13.0. The van der Waals surface area contributed by atoms with Gasteiger partial charge in [-0.25, -0.2) is 15.1 Å². The normalized spacial score (nSPS) is 12.1. The molecule has 0 atom stereocenters. The third-order valence-corrected chi connectivity index (χ3v) is 7.43. The lowest BCUT2D eigenvalue weighted by Crippen LogP contribution is -2.04. The number of benzene rings is 4. The predicted octanol–water partition coefficient (Wildman–Crippen LogP) is 5.66. The summed E-state index contributed by atoms with van der Waals surface area (Å²) in [6.45, 7) is 1.75. The minimum atomic E-state index is -4.94. The molecule has 18 heteroatoms. The molecular formula is C23H18FN5O10S2. The zero-order chi connectivity index (χ0) is 30.1. The first-order valence-electron chi connectivity index (χ1n) is 11.0. The lowest BCUT2D eigenvalue weighted by Gasteiger charge is -2.11. The molecule has 214 valence electrons. The Bertz CT molecular complexity index is 1950. The summed E-state index contributed by atoms with van der Waals surface area (Å²) < 4.78 is 81.0. The number of nitro groups is 1. The van der Waals surface area contributed by atoms with Crippen molar-refractivity contribution in [3.8, 4) is 0 Å². The number of nitrogens with zero attached hydrogens (tertiary/aromatic N) is 3. The van der Waals surface area contributed by atoms with Crippen LogP contribution < -0.4 is 10.8 Å². The van der Waals surface area contributed by atoms with Crippen LogP contribution in [0.1, 0.15) is 5.56 Å². The summed E-state index contributed by atoms with van der Waals surface area (Å²) in [5.41, 5.74) is 0.422. The highest BCUT2D eigenvalue weighted by molar-refractivity contribution is 7.86. The van der Waals surface area contributed by atoms with Crippen LogP contribution in [0.3, 0.4) is 0 Å². The highest BCUT2D eigenvalue weighted by atomic mass is 32.2. The van der Waals surface area contributed by atoms with Crippen molar-refractivity contribution in [3.05, 3.63) is 82.2 Å². The molecule has 0 fully saturated rings. The second-order valence-electron chi connectivity index (χ2n) is 8.37. The van der Waals surface area contributed by atoms with Gasteiger partial charge in [0.25, 0.3) is 25.9 Å². The standard InChI is InChI=1S/C23H18FN5O10S2/c1-12-2-6-18(16-9-14(40(33,34)35)4-5-15(12)16)26-27-19-7-3-13(8-23(19)41(36,37)38)25-21-10-17(24)20(28-39-32)11-22(21)29(30)31/h2-11,25,28,32H,1H3,(H,33,34,35)(H,36,37,38). The zero-order valence-corrected chi connectivity index (χ0v) is 22.1. The van der Waals surface area contributed by atoms with Gasteiger partial charge in [-0.1, -0.05) is 12.1 Å². The van der Waals surface area contributed by atoms with Crippen molar-refractivity contribution in [1.82, 2.24) is 0 Å². The SMILES string of the molecule is Cc1ccc(N=Nc2ccc(Nc3cc(F)c(NOO)cc3[N+](=O)[O-])cc2S(=O)(=O)O)c2cc(S(=O)(=O)O)ccc12. The number of hydrogen-bond acceptors (Lipinski definition) is 12. The maximum atomic E-state index is 14.3. The molecule has 0 saturated heterocycles.